The Labute approximate surface area is 146 Å². The van der Waals surface area contributed by atoms with Crippen molar-refractivity contribution in [2.45, 2.75) is 39.0 Å². The number of nitrogens with zero attached hydrogens (tertiary/aromatic N) is 3. The lowest BCUT2D eigenvalue weighted by Gasteiger charge is -2.32. The van der Waals surface area contributed by atoms with Gasteiger partial charge in [-0.05, 0) is 43.9 Å². The Morgan fingerprint density at radius 3 is 3.08 bits per heavy atom. The van der Waals surface area contributed by atoms with Crippen LogP contribution in [0.15, 0.2) is 24.4 Å². The lowest BCUT2D eigenvalue weighted by Crippen LogP contribution is -2.39. The van der Waals surface area contributed by atoms with E-state index in [1.165, 1.54) is 11.3 Å². The van der Waals surface area contributed by atoms with E-state index in [2.05, 4.69) is 27.3 Å². The van der Waals surface area contributed by atoms with Crippen LogP contribution in [0.25, 0.3) is 10.9 Å². The molecule has 0 aliphatic carbocycles. The second-order valence-electron chi connectivity index (χ2n) is 6.87. The first kappa shape index (κ1) is 15.9. The number of aryl methyl sites for hydroxylation is 2. The molecule has 1 saturated heterocycles. The van der Waals surface area contributed by atoms with Crippen molar-refractivity contribution in [3.05, 3.63) is 46.9 Å². The lowest BCUT2D eigenvalue weighted by molar-refractivity contribution is 0.0701. The third-order valence-corrected chi connectivity index (χ3v) is 5.17. The fraction of sp³-hybridized carbons (Fsp3) is 0.421. The maximum absolute atomic E-state index is 13.1. The van der Waals surface area contributed by atoms with Gasteiger partial charge in [-0.3, -0.25) is 15.0 Å². The molecule has 0 saturated carbocycles. The molecule has 1 aliphatic rings. The van der Waals surface area contributed by atoms with Crippen molar-refractivity contribution in [1.29, 1.82) is 0 Å². The van der Waals surface area contributed by atoms with Crippen molar-refractivity contribution in [2.24, 2.45) is 0 Å². The van der Waals surface area contributed by atoms with Gasteiger partial charge in [-0.2, -0.15) is 10.2 Å². The van der Waals surface area contributed by atoms with Gasteiger partial charge in [0.05, 0.1) is 11.7 Å². The number of carbonyl (C=O) groups excluding carboxylic acids is 1. The van der Waals surface area contributed by atoms with Crippen LogP contribution in [0.3, 0.4) is 0 Å². The molecule has 0 unspecified atom stereocenters. The first-order valence-electron chi connectivity index (χ1n) is 8.93. The minimum Gasteiger partial charge on any atom is -0.337 e. The highest BCUT2D eigenvalue weighted by molar-refractivity contribution is 6.04. The summed E-state index contributed by atoms with van der Waals surface area (Å²) >= 11 is 0. The van der Waals surface area contributed by atoms with Crippen molar-refractivity contribution in [3.8, 4) is 0 Å². The number of amides is 1. The Morgan fingerprint density at radius 2 is 2.24 bits per heavy atom. The summed E-state index contributed by atoms with van der Waals surface area (Å²) in [6, 6.07) is 6.03. The van der Waals surface area contributed by atoms with Gasteiger partial charge in [-0.25, -0.2) is 0 Å². The molecule has 1 aromatic carbocycles. The van der Waals surface area contributed by atoms with Gasteiger partial charge < -0.3 is 4.90 Å². The van der Waals surface area contributed by atoms with Crippen LogP contribution in [0.2, 0.25) is 0 Å². The van der Waals surface area contributed by atoms with Gasteiger partial charge in [0.1, 0.15) is 0 Å². The molecule has 1 fully saturated rings. The number of nitrogens with one attached hydrogen (secondary N) is 2. The van der Waals surface area contributed by atoms with Crippen molar-refractivity contribution in [3.63, 3.8) is 0 Å². The van der Waals surface area contributed by atoms with E-state index in [0.717, 1.165) is 42.3 Å². The molecule has 1 aliphatic heterocycles. The molecule has 4 rings (SSSR count). The summed E-state index contributed by atoms with van der Waals surface area (Å²) in [6.45, 7) is 5.67. The van der Waals surface area contributed by atoms with E-state index in [4.69, 9.17) is 0 Å². The van der Waals surface area contributed by atoms with Crippen LogP contribution in [0.5, 0.6) is 0 Å². The summed E-state index contributed by atoms with van der Waals surface area (Å²) < 4.78 is 0. The average Bonchev–Trinajstić information content (AvgIpc) is 3.27. The second kappa shape index (κ2) is 6.35. The molecule has 130 valence electrons. The summed E-state index contributed by atoms with van der Waals surface area (Å²) in [5.74, 6) is 0.334. The molecule has 0 radical (unpaired) electrons. The standard InChI is InChI=1S/C19H23N5O/c1-3-13-10-20-22-17(13)14-5-4-8-24(11-14)19(25)18-15-9-12(2)6-7-16(15)21-23-18/h6-7,9-10,14H,3-5,8,11H2,1-2H3,(H,20,22)(H,21,23)/t14-/m1/s1. The highest BCUT2D eigenvalue weighted by Crippen LogP contribution is 2.29. The number of benzene rings is 1. The predicted molar refractivity (Wildman–Crippen MR) is 96.7 cm³/mol. The Kier molecular flexibility index (Phi) is 4.03. The molecule has 6 heteroatoms. The predicted octanol–water partition coefficient (Wildman–Crippen LogP) is 3.18. The fourth-order valence-electron chi connectivity index (χ4n) is 3.79. The van der Waals surface area contributed by atoms with Crippen molar-refractivity contribution < 1.29 is 4.79 Å². The zero-order chi connectivity index (χ0) is 17.4. The number of fused-ring (bicyclic) bond motifs is 1. The van der Waals surface area contributed by atoms with Crippen LogP contribution in [-0.2, 0) is 6.42 Å². The molecular formula is C19H23N5O. The average molecular weight is 337 g/mol. The van der Waals surface area contributed by atoms with Gasteiger partial charge in [-0.1, -0.05) is 18.6 Å². The summed E-state index contributed by atoms with van der Waals surface area (Å²) in [7, 11) is 0. The molecule has 2 N–H and O–H groups in total. The smallest absolute Gasteiger partial charge is 0.275 e. The number of aromatic nitrogens is 4. The largest absolute Gasteiger partial charge is 0.337 e. The Morgan fingerprint density at radius 1 is 1.36 bits per heavy atom. The zero-order valence-corrected chi connectivity index (χ0v) is 14.7. The maximum atomic E-state index is 13.1. The number of hydrogen-bond donors (Lipinski definition) is 2. The minimum atomic E-state index is 0.0131. The second-order valence-corrected chi connectivity index (χ2v) is 6.87. The van der Waals surface area contributed by atoms with E-state index >= 15 is 0 Å². The molecular weight excluding hydrogens is 314 g/mol. The maximum Gasteiger partial charge on any atom is 0.275 e. The third-order valence-electron chi connectivity index (χ3n) is 5.17. The topological polar surface area (TPSA) is 77.7 Å². The Bertz CT molecular complexity index is 910. The molecule has 1 atom stereocenters. The monoisotopic (exact) mass is 337 g/mol. The summed E-state index contributed by atoms with van der Waals surface area (Å²) in [6.07, 6.45) is 4.94. The first-order valence-corrected chi connectivity index (χ1v) is 8.93. The lowest BCUT2D eigenvalue weighted by atomic mass is 9.91. The van der Waals surface area contributed by atoms with E-state index in [1.807, 2.05) is 36.2 Å². The molecule has 0 spiro atoms. The Balaban J connectivity index is 1.60. The van der Waals surface area contributed by atoms with Gasteiger partial charge in [0.15, 0.2) is 5.69 Å². The zero-order valence-electron chi connectivity index (χ0n) is 14.7. The molecule has 6 nitrogen and oxygen atoms in total. The third kappa shape index (κ3) is 2.81. The fourth-order valence-corrected chi connectivity index (χ4v) is 3.79. The molecule has 1 amide bonds. The highest BCUT2D eigenvalue weighted by atomic mass is 16.2. The minimum absolute atomic E-state index is 0.0131. The van der Waals surface area contributed by atoms with E-state index < -0.39 is 0 Å². The summed E-state index contributed by atoms with van der Waals surface area (Å²) in [4.78, 5) is 15.0. The van der Waals surface area contributed by atoms with Gasteiger partial charge in [0.25, 0.3) is 5.91 Å². The van der Waals surface area contributed by atoms with Crippen molar-refractivity contribution in [1.82, 2.24) is 25.3 Å². The summed E-state index contributed by atoms with van der Waals surface area (Å²) in [5, 5.41) is 15.5. The first-order chi connectivity index (χ1) is 12.2. The molecule has 3 heterocycles. The van der Waals surface area contributed by atoms with Gasteiger partial charge in [0.2, 0.25) is 0 Å². The van der Waals surface area contributed by atoms with Gasteiger partial charge >= 0.3 is 0 Å². The van der Waals surface area contributed by atoms with E-state index in [0.29, 0.717) is 18.2 Å². The molecule has 25 heavy (non-hydrogen) atoms. The van der Waals surface area contributed by atoms with E-state index in [9.17, 15) is 4.79 Å². The normalized spacial score (nSPS) is 18.0. The van der Waals surface area contributed by atoms with Crippen molar-refractivity contribution in [2.75, 3.05) is 13.1 Å². The SMILES string of the molecule is CCc1cn[nH]c1[C@@H]1CCCN(C(=O)c2n[nH]c3ccc(C)cc23)C1. The quantitative estimate of drug-likeness (QED) is 0.770. The van der Waals surface area contributed by atoms with Crippen LogP contribution in [0.4, 0.5) is 0 Å². The highest BCUT2D eigenvalue weighted by Gasteiger charge is 2.29. The van der Waals surface area contributed by atoms with E-state index in [-0.39, 0.29) is 5.91 Å². The van der Waals surface area contributed by atoms with Gasteiger partial charge in [0, 0.05) is 30.1 Å². The number of carbonyl (C=O) groups is 1. The number of rotatable bonds is 3. The van der Waals surface area contributed by atoms with Crippen LogP contribution in [0.1, 0.15) is 53.0 Å². The molecule has 2 aromatic heterocycles. The number of likely N-dealkylation sites (tertiary alicyclic amines) is 1. The number of H-pyrrole nitrogens is 2. The van der Waals surface area contributed by atoms with Crippen LogP contribution < -0.4 is 0 Å². The van der Waals surface area contributed by atoms with Gasteiger partial charge in [-0.15, -0.1) is 0 Å². The Hall–Kier alpha value is -2.63. The molecule has 3 aromatic rings. The van der Waals surface area contributed by atoms with Crippen LogP contribution >= 0.6 is 0 Å². The van der Waals surface area contributed by atoms with E-state index in [1.54, 1.807) is 0 Å². The number of piperidine rings is 1. The van der Waals surface area contributed by atoms with Crippen molar-refractivity contribution >= 4 is 16.8 Å². The van der Waals surface area contributed by atoms with Crippen LogP contribution in [0, 0.1) is 6.92 Å². The molecule has 0 bridgehead atoms. The number of hydrogen-bond acceptors (Lipinski definition) is 3. The van der Waals surface area contributed by atoms with Crippen LogP contribution in [-0.4, -0.2) is 44.3 Å². The number of aromatic amines is 2. The summed E-state index contributed by atoms with van der Waals surface area (Å²) in [5.41, 5.74) is 5.00.